The third-order valence-electron chi connectivity index (χ3n) is 6.44. The van der Waals surface area contributed by atoms with Crippen LogP contribution in [0.3, 0.4) is 0 Å². The zero-order chi connectivity index (χ0) is 18.6. The molecule has 3 heterocycles. The van der Waals surface area contributed by atoms with Gasteiger partial charge in [0.05, 0.1) is 16.9 Å². The number of thiazole rings is 1. The van der Waals surface area contributed by atoms with Gasteiger partial charge in [0.25, 0.3) is 0 Å². The van der Waals surface area contributed by atoms with E-state index in [9.17, 15) is 8.42 Å². The molecule has 1 saturated carbocycles. The normalized spacial score (nSPS) is 23.7. The zero-order valence-corrected chi connectivity index (χ0v) is 17.2. The number of fused-ring (bicyclic) bond motifs is 2. The topological polar surface area (TPSA) is 53.5 Å². The van der Waals surface area contributed by atoms with Crippen LogP contribution >= 0.6 is 11.3 Å². The predicted octanol–water partition coefficient (Wildman–Crippen LogP) is 3.50. The molecule has 0 N–H and O–H groups in total. The van der Waals surface area contributed by atoms with E-state index >= 15 is 0 Å². The maximum absolute atomic E-state index is 13.7. The molecule has 0 atom stereocenters. The summed E-state index contributed by atoms with van der Waals surface area (Å²) < 4.78 is 28.3. The van der Waals surface area contributed by atoms with Crippen molar-refractivity contribution in [1.82, 2.24) is 9.88 Å². The molecule has 2 aromatic rings. The molecule has 2 fully saturated rings. The Bertz CT molecular complexity index is 957. The van der Waals surface area contributed by atoms with Gasteiger partial charge in [0.15, 0.2) is 0 Å². The molecule has 7 heteroatoms. The van der Waals surface area contributed by atoms with Crippen LogP contribution in [0.2, 0.25) is 0 Å². The van der Waals surface area contributed by atoms with Gasteiger partial charge in [-0.3, -0.25) is 9.21 Å². The van der Waals surface area contributed by atoms with Crippen molar-refractivity contribution in [3.05, 3.63) is 45.9 Å². The number of hydrogen-bond acceptors (Lipinski definition) is 5. The first-order valence-electron chi connectivity index (χ1n) is 9.74. The molecule has 144 valence electrons. The number of aromatic nitrogens is 1. The van der Waals surface area contributed by atoms with Crippen molar-refractivity contribution in [1.29, 1.82) is 0 Å². The maximum Gasteiger partial charge on any atom is 0.245 e. The highest BCUT2D eigenvalue weighted by Gasteiger charge is 2.57. The fourth-order valence-electron chi connectivity index (χ4n) is 4.57. The Morgan fingerprint density at radius 1 is 1.22 bits per heavy atom. The lowest BCUT2D eigenvalue weighted by Crippen LogP contribution is -2.48. The van der Waals surface area contributed by atoms with Crippen molar-refractivity contribution in [3.63, 3.8) is 0 Å². The minimum atomic E-state index is -3.36. The highest BCUT2D eigenvalue weighted by atomic mass is 32.2. The van der Waals surface area contributed by atoms with Crippen LogP contribution in [0.4, 0.5) is 5.69 Å². The number of likely N-dealkylation sites (tertiary alicyclic amines) is 1. The third-order valence-corrected chi connectivity index (χ3v) is 9.91. The van der Waals surface area contributed by atoms with E-state index in [0.29, 0.717) is 25.3 Å². The first-order chi connectivity index (χ1) is 13.0. The number of anilines is 1. The molecule has 0 bridgehead atoms. The van der Waals surface area contributed by atoms with Gasteiger partial charge in [0.1, 0.15) is 4.75 Å². The molecule has 0 radical (unpaired) electrons. The SMILES string of the molecule is Cc1ncsc1CN1CCC2(CC1)c1ccccc1N(CC1CC1)S2(=O)=O. The third kappa shape index (κ3) is 2.74. The Balaban J connectivity index is 1.43. The molecule has 5 rings (SSSR count). The first kappa shape index (κ1) is 17.6. The minimum absolute atomic E-state index is 0.539. The number of rotatable bonds is 4. The van der Waals surface area contributed by atoms with Crippen molar-refractivity contribution in [2.24, 2.45) is 5.92 Å². The highest BCUT2D eigenvalue weighted by molar-refractivity contribution is 7.94. The van der Waals surface area contributed by atoms with E-state index in [1.54, 1.807) is 15.6 Å². The van der Waals surface area contributed by atoms with Crippen LogP contribution in [0.25, 0.3) is 0 Å². The van der Waals surface area contributed by atoms with Gasteiger partial charge in [-0.1, -0.05) is 18.2 Å². The highest BCUT2D eigenvalue weighted by Crippen LogP contribution is 2.53. The monoisotopic (exact) mass is 403 g/mol. The summed E-state index contributed by atoms with van der Waals surface area (Å²) in [6, 6.07) is 8.00. The molecule has 1 saturated heterocycles. The van der Waals surface area contributed by atoms with Crippen LogP contribution in [0.15, 0.2) is 29.8 Å². The summed E-state index contributed by atoms with van der Waals surface area (Å²) >= 11 is 1.69. The Hall–Kier alpha value is -1.44. The van der Waals surface area contributed by atoms with E-state index in [4.69, 9.17) is 0 Å². The van der Waals surface area contributed by atoms with Gasteiger partial charge in [-0.05, 0) is 50.2 Å². The van der Waals surface area contributed by atoms with Crippen LogP contribution in [0.1, 0.15) is 41.8 Å². The van der Waals surface area contributed by atoms with Crippen molar-refractivity contribution in [2.45, 2.75) is 43.9 Å². The Labute approximate surface area is 165 Å². The first-order valence-corrected chi connectivity index (χ1v) is 12.1. The summed E-state index contributed by atoms with van der Waals surface area (Å²) in [4.78, 5) is 8.01. The summed E-state index contributed by atoms with van der Waals surface area (Å²) in [5.74, 6) is 0.539. The zero-order valence-electron chi connectivity index (χ0n) is 15.6. The summed E-state index contributed by atoms with van der Waals surface area (Å²) in [6.45, 7) is 5.19. The number of sulfonamides is 1. The molecule has 27 heavy (non-hydrogen) atoms. The van der Waals surface area contributed by atoms with Crippen LogP contribution in [-0.2, 0) is 21.3 Å². The van der Waals surface area contributed by atoms with Crippen LogP contribution in [-0.4, -0.2) is 37.9 Å². The lowest BCUT2D eigenvalue weighted by molar-refractivity contribution is 0.190. The van der Waals surface area contributed by atoms with E-state index in [1.807, 2.05) is 36.7 Å². The average molecular weight is 404 g/mol. The number of para-hydroxylation sites is 1. The smallest absolute Gasteiger partial charge is 0.245 e. The molecular formula is C20H25N3O2S2. The summed E-state index contributed by atoms with van der Waals surface area (Å²) in [5, 5.41) is 0. The van der Waals surface area contributed by atoms with Crippen molar-refractivity contribution in [3.8, 4) is 0 Å². The van der Waals surface area contributed by atoms with E-state index in [0.717, 1.165) is 49.4 Å². The average Bonchev–Trinajstić information content (AvgIpc) is 3.38. The molecule has 1 spiro atoms. The standard InChI is InChI=1S/C20H25N3O2S2/c1-15-19(26-14-21-15)13-22-10-8-20(9-11-22)17-4-2-3-5-18(17)23(27(20,24)25)12-16-6-7-16/h2-5,14,16H,6-13H2,1H3. The number of benzene rings is 1. The van der Waals surface area contributed by atoms with Gasteiger partial charge in [0.2, 0.25) is 10.0 Å². The van der Waals surface area contributed by atoms with Crippen molar-refractivity contribution < 1.29 is 8.42 Å². The van der Waals surface area contributed by atoms with E-state index in [2.05, 4.69) is 9.88 Å². The van der Waals surface area contributed by atoms with Crippen molar-refractivity contribution in [2.75, 3.05) is 23.9 Å². The van der Waals surface area contributed by atoms with Crippen LogP contribution in [0, 0.1) is 12.8 Å². The molecule has 5 nitrogen and oxygen atoms in total. The molecule has 0 amide bonds. The number of nitrogens with zero attached hydrogens (tertiary/aromatic N) is 3. The van der Waals surface area contributed by atoms with Crippen LogP contribution in [0.5, 0.6) is 0 Å². The van der Waals surface area contributed by atoms with Crippen LogP contribution < -0.4 is 4.31 Å². The number of aryl methyl sites for hydroxylation is 1. The maximum atomic E-state index is 13.7. The summed E-state index contributed by atoms with van der Waals surface area (Å²) in [5.41, 5.74) is 4.94. The largest absolute Gasteiger partial charge is 0.298 e. The lowest BCUT2D eigenvalue weighted by atomic mass is 9.87. The lowest BCUT2D eigenvalue weighted by Gasteiger charge is -2.39. The van der Waals surface area contributed by atoms with Gasteiger partial charge in [-0.15, -0.1) is 11.3 Å². The fourth-order valence-corrected chi connectivity index (χ4v) is 7.78. The fraction of sp³-hybridized carbons (Fsp3) is 0.550. The molecule has 1 aliphatic carbocycles. The second-order valence-electron chi connectivity index (χ2n) is 8.13. The summed E-state index contributed by atoms with van der Waals surface area (Å²) in [7, 11) is -3.36. The quantitative estimate of drug-likeness (QED) is 0.784. The van der Waals surface area contributed by atoms with Gasteiger partial charge >= 0.3 is 0 Å². The van der Waals surface area contributed by atoms with Gasteiger partial charge in [-0.2, -0.15) is 0 Å². The Morgan fingerprint density at radius 2 is 1.96 bits per heavy atom. The molecule has 2 aliphatic heterocycles. The second kappa shape index (κ2) is 6.29. The molecule has 3 aliphatic rings. The van der Waals surface area contributed by atoms with Gasteiger partial charge in [-0.25, -0.2) is 13.4 Å². The van der Waals surface area contributed by atoms with E-state index < -0.39 is 14.8 Å². The van der Waals surface area contributed by atoms with E-state index in [-0.39, 0.29) is 0 Å². The van der Waals surface area contributed by atoms with Crippen molar-refractivity contribution >= 4 is 27.0 Å². The molecule has 1 aromatic heterocycles. The number of hydrogen-bond donors (Lipinski definition) is 0. The Morgan fingerprint density at radius 3 is 2.63 bits per heavy atom. The summed E-state index contributed by atoms with van der Waals surface area (Å²) in [6.07, 6.45) is 3.66. The molecule has 0 unspecified atom stereocenters. The minimum Gasteiger partial charge on any atom is -0.298 e. The van der Waals surface area contributed by atoms with Gasteiger partial charge in [0, 0.05) is 31.1 Å². The number of piperidine rings is 1. The Kier molecular flexibility index (Phi) is 4.11. The van der Waals surface area contributed by atoms with E-state index in [1.165, 1.54) is 4.88 Å². The molecular weight excluding hydrogens is 378 g/mol. The predicted molar refractivity (Wildman–Crippen MR) is 108 cm³/mol. The van der Waals surface area contributed by atoms with Gasteiger partial charge < -0.3 is 0 Å². The second-order valence-corrected chi connectivity index (χ2v) is 11.2. The molecule has 1 aromatic carbocycles.